The van der Waals surface area contributed by atoms with E-state index in [0.29, 0.717) is 5.56 Å². The summed E-state index contributed by atoms with van der Waals surface area (Å²) in [6.07, 6.45) is 5.90. The van der Waals surface area contributed by atoms with E-state index in [-0.39, 0.29) is 34.2 Å². The molecule has 7 nitrogen and oxygen atoms in total. The number of hydrogen-bond donors (Lipinski definition) is 1. The molecule has 0 aliphatic heterocycles. The molecule has 0 heterocycles. The molecule has 2 aromatic carbocycles. The highest BCUT2D eigenvalue weighted by atomic mass is 35.5. The first kappa shape index (κ1) is 28.2. The highest BCUT2D eigenvalue weighted by molar-refractivity contribution is 7.92. The Morgan fingerprint density at radius 1 is 1.08 bits per heavy atom. The Labute approximate surface area is 221 Å². The molecular formula is C25H30Cl2FN3O4S. The normalized spacial score (nSPS) is 15.2. The van der Waals surface area contributed by atoms with Crippen molar-refractivity contribution in [3.63, 3.8) is 0 Å². The number of sulfonamides is 1. The van der Waals surface area contributed by atoms with Crippen molar-refractivity contribution in [2.75, 3.05) is 17.1 Å². The number of benzene rings is 2. The zero-order chi connectivity index (χ0) is 26.5. The first-order valence-corrected chi connectivity index (χ1v) is 14.3. The summed E-state index contributed by atoms with van der Waals surface area (Å²) in [4.78, 5) is 28.0. The summed E-state index contributed by atoms with van der Waals surface area (Å²) < 4.78 is 39.6. The molecule has 0 aromatic heterocycles. The van der Waals surface area contributed by atoms with E-state index in [2.05, 4.69) is 5.32 Å². The second-order valence-corrected chi connectivity index (χ2v) is 11.8. The van der Waals surface area contributed by atoms with Crippen LogP contribution in [0.2, 0.25) is 10.0 Å². The fourth-order valence-electron chi connectivity index (χ4n) is 4.21. The summed E-state index contributed by atoms with van der Waals surface area (Å²) in [7, 11) is -3.94. The van der Waals surface area contributed by atoms with Gasteiger partial charge < -0.3 is 10.2 Å². The van der Waals surface area contributed by atoms with E-state index in [1.165, 1.54) is 47.4 Å². The van der Waals surface area contributed by atoms with E-state index in [4.69, 9.17) is 23.2 Å². The molecular weight excluding hydrogens is 528 g/mol. The maximum absolute atomic E-state index is 13.6. The Hall–Kier alpha value is -2.36. The Kier molecular flexibility index (Phi) is 9.60. The highest BCUT2D eigenvalue weighted by Crippen LogP contribution is 2.31. The van der Waals surface area contributed by atoms with Crippen LogP contribution in [0.1, 0.15) is 44.6 Å². The van der Waals surface area contributed by atoms with Crippen molar-refractivity contribution >= 4 is 50.7 Å². The van der Waals surface area contributed by atoms with Gasteiger partial charge in [-0.2, -0.15) is 0 Å². The largest absolute Gasteiger partial charge is 0.352 e. The molecule has 2 amide bonds. The van der Waals surface area contributed by atoms with Crippen LogP contribution in [0.5, 0.6) is 0 Å². The maximum Gasteiger partial charge on any atom is 0.244 e. The quantitative estimate of drug-likeness (QED) is 0.481. The molecule has 1 atom stereocenters. The zero-order valence-corrected chi connectivity index (χ0v) is 22.5. The Bertz CT molecular complexity index is 1190. The SMILES string of the molecule is C[C@@H](C(=O)NC1CCCCC1)N(Cc1ccc(F)cc1)C(=O)CN(c1cc(Cl)ccc1Cl)S(C)(=O)=O. The number of halogens is 3. The third-order valence-electron chi connectivity index (χ3n) is 6.24. The van der Waals surface area contributed by atoms with E-state index in [0.717, 1.165) is 42.7 Å². The number of hydrogen-bond acceptors (Lipinski definition) is 4. The molecule has 0 radical (unpaired) electrons. The minimum absolute atomic E-state index is 0.0146. The molecule has 0 saturated heterocycles. The Balaban J connectivity index is 1.89. The molecule has 1 N–H and O–H groups in total. The van der Waals surface area contributed by atoms with Gasteiger partial charge in [0.1, 0.15) is 18.4 Å². The van der Waals surface area contributed by atoms with Crippen molar-refractivity contribution < 1.29 is 22.4 Å². The van der Waals surface area contributed by atoms with Crippen LogP contribution in [0.3, 0.4) is 0 Å². The van der Waals surface area contributed by atoms with Gasteiger partial charge in [-0.15, -0.1) is 0 Å². The number of amides is 2. The minimum Gasteiger partial charge on any atom is -0.352 e. The third kappa shape index (κ3) is 7.57. The standard InChI is InChI=1S/C25H30Cl2FN3O4S/c1-17(25(33)29-21-6-4-3-5-7-21)30(15-18-8-11-20(28)12-9-18)24(32)16-31(36(2,34)35)23-14-19(26)10-13-22(23)27/h8-14,17,21H,3-7,15-16H2,1-2H3,(H,29,33)/t17-/m0/s1. The molecule has 1 aliphatic rings. The summed E-state index contributed by atoms with van der Waals surface area (Å²) in [6.45, 7) is 0.983. The molecule has 196 valence electrons. The van der Waals surface area contributed by atoms with Gasteiger partial charge in [-0.3, -0.25) is 13.9 Å². The van der Waals surface area contributed by atoms with Gasteiger partial charge in [-0.1, -0.05) is 54.6 Å². The van der Waals surface area contributed by atoms with Gasteiger partial charge in [0, 0.05) is 17.6 Å². The molecule has 0 bridgehead atoms. The number of carbonyl (C=O) groups is 2. The van der Waals surface area contributed by atoms with E-state index in [1.807, 2.05) is 0 Å². The molecule has 1 fully saturated rings. The summed E-state index contributed by atoms with van der Waals surface area (Å²) in [5, 5.41) is 3.37. The van der Waals surface area contributed by atoms with Gasteiger partial charge in [0.2, 0.25) is 21.8 Å². The average molecular weight is 559 g/mol. The van der Waals surface area contributed by atoms with Crippen molar-refractivity contribution in [2.24, 2.45) is 0 Å². The Morgan fingerprint density at radius 2 is 1.72 bits per heavy atom. The van der Waals surface area contributed by atoms with Gasteiger partial charge in [0.15, 0.2) is 0 Å². The maximum atomic E-state index is 13.6. The predicted molar refractivity (Wildman–Crippen MR) is 140 cm³/mol. The molecule has 1 saturated carbocycles. The lowest BCUT2D eigenvalue weighted by Crippen LogP contribution is -2.53. The summed E-state index contributed by atoms with van der Waals surface area (Å²) in [6, 6.07) is 9.01. The molecule has 3 rings (SSSR count). The molecule has 36 heavy (non-hydrogen) atoms. The van der Waals surface area contributed by atoms with Crippen LogP contribution in [0.4, 0.5) is 10.1 Å². The van der Waals surface area contributed by atoms with Crippen LogP contribution in [0.15, 0.2) is 42.5 Å². The van der Waals surface area contributed by atoms with Crippen LogP contribution < -0.4 is 9.62 Å². The van der Waals surface area contributed by atoms with Gasteiger partial charge in [-0.05, 0) is 55.7 Å². The molecule has 0 spiro atoms. The fraction of sp³-hybridized carbons (Fsp3) is 0.440. The first-order chi connectivity index (χ1) is 17.0. The van der Waals surface area contributed by atoms with E-state index in [1.54, 1.807) is 6.92 Å². The van der Waals surface area contributed by atoms with Gasteiger partial charge in [0.25, 0.3) is 0 Å². The minimum atomic E-state index is -3.94. The van der Waals surface area contributed by atoms with E-state index < -0.39 is 34.3 Å². The van der Waals surface area contributed by atoms with Crippen LogP contribution in [-0.2, 0) is 26.2 Å². The average Bonchev–Trinajstić information content (AvgIpc) is 2.83. The van der Waals surface area contributed by atoms with Crippen molar-refractivity contribution in [1.29, 1.82) is 0 Å². The van der Waals surface area contributed by atoms with Crippen molar-refractivity contribution in [2.45, 2.75) is 57.7 Å². The number of nitrogens with one attached hydrogen (secondary N) is 1. The second kappa shape index (κ2) is 12.3. The summed E-state index contributed by atoms with van der Waals surface area (Å²) in [5.41, 5.74) is 0.648. The second-order valence-electron chi connectivity index (χ2n) is 9.03. The molecule has 0 unspecified atom stereocenters. The van der Waals surface area contributed by atoms with Crippen LogP contribution >= 0.6 is 23.2 Å². The predicted octanol–water partition coefficient (Wildman–Crippen LogP) is 4.76. The lowest BCUT2D eigenvalue weighted by atomic mass is 9.95. The van der Waals surface area contributed by atoms with Gasteiger partial charge in [-0.25, -0.2) is 12.8 Å². The first-order valence-electron chi connectivity index (χ1n) is 11.7. The van der Waals surface area contributed by atoms with Crippen molar-refractivity contribution in [3.8, 4) is 0 Å². The monoisotopic (exact) mass is 557 g/mol. The third-order valence-corrected chi connectivity index (χ3v) is 7.92. The number of carbonyl (C=O) groups excluding carboxylic acids is 2. The summed E-state index contributed by atoms with van der Waals surface area (Å²) in [5.74, 6) is -1.38. The number of anilines is 1. The highest BCUT2D eigenvalue weighted by Gasteiger charge is 2.31. The van der Waals surface area contributed by atoms with E-state index >= 15 is 0 Å². The van der Waals surface area contributed by atoms with Gasteiger partial charge in [0.05, 0.1) is 17.0 Å². The lowest BCUT2D eigenvalue weighted by Gasteiger charge is -2.33. The van der Waals surface area contributed by atoms with Gasteiger partial charge >= 0.3 is 0 Å². The topological polar surface area (TPSA) is 86.8 Å². The van der Waals surface area contributed by atoms with Crippen LogP contribution in [0.25, 0.3) is 0 Å². The van der Waals surface area contributed by atoms with Crippen molar-refractivity contribution in [1.82, 2.24) is 10.2 Å². The van der Waals surface area contributed by atoms with Crippen LogP contribution in [-0.4, -0.2) is 50.0 Å². The lowest BCUT2D eigenvalue weighted by molar-refractivity contribution is -0.139. The smallest absolute Gasteiger partial charge is 0.244 e. The van der Waals surface area contributed by atoms with Crippen molar-refractivity contribution in [3.05, 3.63) is 63.9 Å². The molecule has 1 aliphatic carbocycles. The molecule has 2 aromatic rings. The van der Waals surface area contributed by atoms with E-state index in [9.17, 15) is 22.4 Å². The summed E-state index contributed by atoms with van der Waals surface area (Å²) >= 11 is 12.3. The van der Waals surface area contributed by atoms with Crippen LogP contribution in [0, 0.1) is 5.82 Å². The Morgan fingerprint density at radius 3 is 2.33 bits per heavy atom. The zero-order valence-electron chi connectivity index (χ0n) is 20.2. The number of rotatable bonds is 9. The molecule has 11 heteroatoms. The fourth-order valence-corrected chi connectivity index (χ4v) is 5.50. The number of nitrogens with zero attached hydrogens (tertiary/aromatic N) is 2.